The average molecular weight is 1010 g/mol. The van der Waals surface area contributed by atoms with Gasteiger partial charge in [-0.25, -0.2) is 4.98 Å². The molecule has 0 radical (unpaired) electrons. The van der Waals surface area contributed by atoms with Gasteiger partial charge in [-0.05, 0) is 144 Å². The third-order valence-corrected chi connectivity index (χ3v) is 14.1. The van der Waals surface area contributed by atoms with Crippen LogP contribution in [0.1, 0.15) is 96.8 Å². The van der Waals surface area contributed by atoms with Gasteiger partial charge in [-0.2, -0.15) is 0 Å². The third-order valence-electron chi connectivity index (χ3n) is 14.1. The van der Waals surface area contributed by atoms with E-state index in [1.165, 1.54) is 0 Å². The van der Waals surface area contributed by atoms with Gasteiger partial charge in [0.15, 0.2) is 0 Å². The minimum atomic E-state index is -0.741. The molecule has 0 saturated heterocycles. The molecule has 12 aromatic rings. The maximum Gasteiger partial charge on any atom is 0.269 e. The molecule has 3 aromatic heterocycles. The summed E-state index contributed by atoms with van der Waals surface area (Å²) in [5.41, 5.74) is 5.42. The van der Waals surface area contributed by atoms with Gasteiger partial charge in [0.2, 0.25) is 0 Å². The number of imidazole rings is 1. The summed E-state index contributed by atoms with van der Waals surface area (Å²) >= 11 is 0. The number of nitrogens with zero attached hydrogens (tertiary/aromatic N) is 4. The monoisotopic (exact) mass is 1010 g/mol. The first kappa shape index (κ1) is 36.2. The average Bonchev–Trinajstić information content (AvgIpc) is 1.32. The number of aromatic nitrogens is 4. The van der Waals surface area contributed by atoms with Gasteiger partial charge in [0, 0.05) is 23.0 Å². The molecule has 9 aromatic carbocycles. The number of benzene rings is 9. The van der Waals surface area contributed by atoms with Crippen LogP contribution in [0, 0.1) is 6.33 Å². The van der Waals surface area contributed by atoms with Crippen molar-refractivity contribution in [2.45, 2.75) is 78.6 Å². The van der Waals surface area contributed by atoms with Crippen LogP contribution in [0.4, 0.5) is 0 Å². The molecule has 3 heterocycles. The Balaban J connectivity index is 1.14. The summed E-state index contributed by atoms with van der Waals surface area (Å²) in [6.45, 7) is 19.0. The van der Waals surface area contributed by atoms with Crippen LogP contribution in [0.5, 0.6) is 11.5 Å². The normalized spacial score (nSPS) is 14.6. The molecule has 5 nitrogen and oxygen atoms in total. The SMILES string of the molecule is [2H]c1c([2H])c([2H])c(-c2c([2H])c(-c3cc(C(C)(C)C)cc(-c4cccc(C(C)(C)C)c4)c3-[n+]3[c-]n(-c4cccc(Oc5ccc6c7ccccc7n(-c7cc(C(C)(C)C)ccn7)c6c5)c4)c4ccccc43)c([2H])c(-c3c([2H])c([2H])c([2H])c([2H])c3[2H])c2[2H])c([2H])c1[2H]. The van der Waals surface area contributed by atoms with Crippen LogP contribution >= 0.6 is 0 Å². The number of hydrogen-bond donors (Lipinski definition) is 0. The van der Waals surface area contributed by atoms with E-state index in [0.29, 0.717) is 39.5 Å². The fourth-order valence-corrected chi connectivity index (χ4v) is 9.98. The molecule has 0 bridgehead atoms. The second kappa shape index (κ2) is 19.1. The topological polar surface area (TPSA) is 35.9 Å². The van der Waals surface area contributed by atoms with E-state index in [0.717, 1.165) is 49.9 Å². The molecule has 0 aliphatic heterocycles. The summed E-state index contributed by atoms with van der Waals surface area (Å²) in [4.78, 5) is 4.87. The van der Waals surface area contributed by atoms with Gasteiger partial charge >= 0.3 is 0 Å². The lowest BCUT2D eigenvalue weighted by Crippen LogP contribution is -2.32. The van der Waals surface area contributed by atoms with E-state index in [4.69, 9.17) is 17.9 Å². The number of hydrogen-bond acceptors (Lipinski definition) is 2. The van der Waals surface area contributed by atoms with Crippen molar-refractivity contribution in [3.05, 3.63) is 247 Å². The standard InChI is InChI=1S/C72H64N4O/c1-70(2,3)54-27-20-26-50(41-54)62-42-56(72(7,8)9)43-63(53-39-51(48-22-12-10-13-23-48)38-52(40-53)49-24-14-11-15-25-49)69(62)75-47-74(65-32-18-19-33-66(65)75)57-28-21-29-58(45-57)77-59-34-35-61-60-30-16-17-31-64(60)76(67(61)46-59)68-44-55(36-37-73-68)71(4,5)6/h10-46H,1-9H3/i10D,11D,12D,13D,14D,15D,22D,23D,24D,25D,38D,39D,40D. The Kier molecular flexibility index (Phi) is 8.98. The van der Waals surface area contributed by atoms with Crippen LogP contribution in [-0.4, -0.2) is 14.1 Å². The summed E-state index contributed by atoms with van der Waals surface area (Å²) in [6, 6.07) is 36.6. The van der Waals surface area contributed by atoms with Crippen molar-refractivity contribution in [2.24, 2.45) is 0 Å². The molecule has 5 heteroatoms. The van der Waals surface area contributed by atoms with Gasteiger partial charge < -0.3 is 4.74 Å². The van der Waals surface area contributed by atoms with E-state index >= 15 is 0 Å². The van der Waals surface area contributed by atoms with Crippen molar-refractivity contribution in [1.29, 1.82) is 0 Å². The van der Waals surface area contributed by atoms with Crippen molar-refractivity contribution in [3.63, 3.8) is 0 Å². The number of para-hydroxylation sites is 3. The van der Waals surface area contributed by atoms with Gasteiger partial charge in [0.05, 0.1) is 51.3 Å². The van der Waals surface area contributed by atoms with Crippen LogP contribution in [0.15, 0.2) is 224 Å². The molecule has 0 N–H and O–H groups in total. The Morgan fingerprint density at radius 1 is 0.468 bits per heavy atom. The molecule has 12 rings (SSSR count). The number of rotatable bonds is 9. The van der Waals surface area contributed by atoms with E-state index in [1.807, 2.05) is 133 Å². The van der Waals surface area contributed by atoms with Crippen LogP contribution in [0.2, 0.25) is 0 Å². The Morgan fingerprint density at radius 2 is 1.05 bits per heavy atom. The first-order chi connectivity index (χ1) is 42.5. The zero-order valence-electron chi connectivity index (χ0n) is 57.6. The largest absolute Gasteiger partial charge is 0.458 e. The Bertz CT molecular complexity index is 4830. The van der Waals surface area contributed by atoms with Crippen LogP contribution in [-0.2, 0) is 16.2 Å². The Morgan fingerprint density at radius 3 is 1.74 bits per heavy atom. The van der Waals surface area contributed by atoms with Gasteiger partial charge in [0.1, 0.15) is 17.3 Å². The second-order valence-electron chi connectivity index (χ2n) is 22.5. The molecule has 0 saturated carbocycles. The molecule has 0 unspecified atom stereocenters. The van der Waals surface area contributed by atoms with E-state index in [1.54, 1.807) is 0 Å². The van der Waals surface area contributed by atoms with Crippen molar-refractivity contribution in [1.82, 2.24) is 14.1 Å². The van der Waals surface area contributed by atoms with Crippen LogP contribution in [0.25, 0.3) is 94.5 Å². The fraction of sp³-hybridized carbons (Fsp3) is 0.167. The zero-order chi connectivity index (χ0) is 64.5. The molecule has 0 fully saturated rings. The van der Waals surface area contributed by atoms with E-state index < -0.39 is 106 Å². The molecule has 0 aliphatic carbocycles. The maximum absolute atomic E-state index is 10.4. The quantitative estimate of drug-likeness (QED) is 0.107. The number of pyridine rings is 1. The fourth-order valence-electron chi connectivity index (χ4n) is 9.98. The molecule has 77 heavy (non-hydrogen) atoms. The van der Waals surface area contributed by atoms with Gasteiger partial charge in [-0.3, -0.25) is 13.7 Å². The number of ether oxygens (including phenoxy) is 1. The molecule has 0 spiro atoms. The molecule has 378 valence electrons. The minimum Gasteiger partial charge on any atom is -0.458 e. The lowest BCUT2D eigenvalue weighted by atomic mass is 9.80. The van der Waals surface area contributed by atoms with Crippen molar-refractivity contribution in [3.8, 4) is 73.2 Å². The van der Waals surface area contributed by atoms with Crippen molar-refractivity contribution in [2.75, 3.05) is 0 Å². The van der Waals surface area contributed by atoms with Crippen LogP contribution in [0.3, 0.4) is 0 Å². The molecule has 0 atom stereocenters. The lowest BCUT2D eigenvalue weighted by molar-refractivity contribution is -0.571. The van der Waals surface area contributed by atoms with E-state index in [9.17, 15) is 9.60 Å². The minimum absolute atomic E-state index is 0.114. The van der Waals surface area contributed by atoms with Crippen molar-refractivity contribution < 1.29 is 27.1 Å². The predicted molar refractivity (Wildman–Crippen MR) is 320 cm³/mol. The third kappa shape index (κ3) is 9.41. The maximum atomic E-state index is 10.4. The van der Waals surface area contributed by atoms with Crippen molar-refractivity contribution >= 4 is 32.8 Å². The highest BCUT2D eigenvalue weighted by Crippen LogP contribution is 2.43. The summed E-state index contributed by atoms with van der Waals surface area (Å²) in [6.07, 6.45) is 5.54. The summed E-state index contributed by atoms with van der Waals surface area (Å²) in [5.74, 6) is 1.89. The number of fused-ring (bicyclic) bond motifs is 4. The van der Waals surface area contributed by atoms with Gasteiger partial charge in [-0.15, -0.1) is 0 Å². The molecular formula is C72H64N4O. The highest BCUT2D eigenvalue weighted by Gasteiger charge is 2.26. The Hall–Kier alpha value is -8.80. The molecule has 0 aliphatic rings. The first-order valence-corrected chi connectivity index (χ1v) is 25.8. The second-order valence-corrected chi connectivity index (χ2v) is 22.5. The van der Waals surface area contributed by atoms with Gasteiger partial charge in [0.25, 0.3) is 6.33 Å². The zero-order valence-corrected chi connectivity index (χ0v) is 44.6. The predicted octanol–water partition coefficient (Wildman–Crippen LogP) is 18.6. The van der Waals surface area contributed by atoms with E-state index in [-0.39, 0.29) is 22.0 Å². The van der Waals surface area contributed by atoms with E-state index in [2.05, 4.69) is 94.9 Å². The Labute approximate surface area is 471 Å². The summed E-state index contributed by atoms with van der Waals surface area (Å²) < 4.78 is 133. The van der Waals surface area contributed by atoms with Gasteiger partial charge in [-0.1, -0.05) is 208 Å². The first-order valence-electron chi connectivity index (χ1n) is 32.3. The highest BCUT2D eigenvalue weighted by atomic mass is 16.5. The summed E-state index contributed by atoms with van der Waals surface area (Å²) in [5, 5.41) is 2.11. The molecule has 0 amide bonds. The smallest absolute Gasteiger partial charge is 0.269 e. The molecular weight excluding hydrogens is 937 g/mol. The highest BCUT2D eigenvalue weighted by molar-refractivity contribution is 6.09. The van der Waals surface area contributed by atoms with Crippen LogP contribution < -0.4 is 9.30 Å². The summed E-state index contributed by atoms with van der Waals surface area (Å²) in [7, 11) is 0. The lowest BCUT2D eigenvalue weighted by Gasteiger charge is -2.26.